The average Bonchev–Trinajstić information content (AvgIpc) is 2.39. The van der Waals surface area contributed by atoms with Crippen LogP contribution in [0.5, 0.6) is 0 Å². The summed E-state index contributed by atoms with van der Waals surface area (Å²) in [5.41, 5.74) is 2.16. The van der Waals surface area contributed by atoms with Gasteiger partial charge in [0.15, 0.2) is 0 Å². The van der Waals surface area contributed by atoms with Gasteiger partial charge in [-0.2, -0.15) is 0 Å². The molecule has 1 heterocycles. The molecule has 3 rings (SSSR count). The third-order valence-electron chi connectivity index (χ3n) is 3.24. The zero-order chi connectivity index (χ0) is 12.5. The number of carbonyl (C=O) groups excluding carboxylic acids is 1. The molecule has 1 aliphatic rings. The number of rotatable bonds is 2. The summed E-state index contributed by atoms with van der Waals surface area (Å²) in [6, 6.07) is 18.2. The topological polar surface area (TPSA) is 20.3 Å². The Labute approximate surface area is 114 Å². The number of nitrogens with zero attached hydrogens (tertiary/aromatic N) is 1. The first-order valence-electron chi connectivity index (χ1n) is 5.88. The van der Waals surface area contributed by atoms with Crippen molar-refractivity contribution in [1.29, 1.82) is 0 Å². The summed E-state index contributed by atoms with van der Waals surface area (Å²) in [5, 5.41) is 0. The van der Waals surface area contributed by atoms with E-state index >= 15 is 0 Å². The first-order chi connectivity index (χ1) is 8.75. The lowest BCUT2D eigenvalue weighted by Crippen LogP contribution is -2.46. The van der Waals surface area contributed by atoms with Gasteiger partial charge in [-0.1, -0.05) is 46.3 Å². The maximum absolute atomic E-state index is 11.8. The zero-order valence-electron chi connectivity index (χ0n) is 9.71. The lowest BCUT2D eigenvalue weighted by atomic mass is 9.93. The van der Waals surface area contributed by atoms with Crippen LogP contribution in [0.3, 0.4) is 0 Å². The zero-order valence-corrected chi connectivity index (χ0v) is 11.3. The molecule has 0 bridgehead atoms. The monoisotopic (exact) mass is 301 g/mol. The second-order valence-corrected chi connectivity index (χ2v) is 5.29. The van der Waals surface area contributed by atoms with Gasteiger partial charge in [-0.15, -0.1) is 0 Å². The summed E-state index contributed by atoms with van der Waals surface area (Å²) in [7, 11) is 0. The molecule has 2 aromatic carbocycles. The van der Waals surface area contributed by atoms with Crippen LogP contribution < -0.4 is 4.90 Å². The number of anilines is 1. The number of hydrogen-bond donors (Lipinski definition) is 0. The summed E-state index contributed by atoms with van der Waals surface area (Å²) in [5.74, 6) is 0.186. The van der Waals surface area contributed by atoms with Crippen LogP contribution in [0, 0.1) is 0 Å². The van der Waals surface area contributed by atoms with Gasteiger partial charge in [-0.05, 0) is 29.8 Å². The summed E-state index contributed by atoms with van der Waals surface area (Å²) in [6.45, 7) is 0. The van der Waals surface area contributed by atoms with E-state index in [1.165, 1.54) is 5.56 Å². The highest BCUT2D eigenvalue weighted by molar-refractivity contribution is 9.10. The highest BCUT2D eigenvalue weighted by atomic mass is 79.9. The minimum atomic E-state index is 0.180. The highest BCUT2D eigenvalue weighted by Crippen LogP contribution is 2.38. The van der Waals surface area contributed by atoms with E-state index < -0.39 is 0 Å². The molecule has 0 radical (unpaired) electrons. The molecule has 2 aromatic rings. The molecular formula is C15H12BrNO. The van der Waals surface area contributed by atoms with Gasteiger partial charge in [0.1, 0.15) is 0 Å². The minimum absolute atomic E-state index is 0.180. The van der Waals surface area contributed by atoms with Crippen molar-refractivity contribution in [2.45, 2.75) is 12.5 Å². The Morgan fingerprint density at radius 3 is 2.28 bits per heavy atom. The van der Waals surface area contributed by atoms with Crippen LogP contribution >= 0.6 is 15.9 Å². The first kappa shape index (κ1) is 11.5. The number of amides is 1. The molecule has 1 unspecified atom stereocenters. The number of hydrogen-bond acceptors (Lipinski definition) is 1. The van der Waals surface area contributed by atoms with Crippen molar-refractivity contribution in [3.05, 3.63) is 64.6 Å². The Morgan fingerprint density at radius 1 is 1.00 bits per heavy atom. The van der Waals surface area contributed by atoms with E-state index in [1.807, 2.05) is 47.4 Å². The molecule has 1 amide bonds. The minimum Gasteiger partial charge on any atom is -0.304 e. The maximum atomic E-state index is 11.8. The molecule has 18 heavy (non-hydrogen) atoms. The smallest absolute Gasteiger partial charge is 0.230 e. The third kappa shape index (κ3) is 1.95. The predicted molar refractivity (Wildman–Crippen MR) is 75.4 cm³/mol. The molecule has 2 nitrogen and oxygen atoms in total. The Balaban J connectivity index is 1.91. The quantitative estimate of drug-likeness (QED) is 0.770. The molecular weight excluding hydrogens is 290 g/mol. The van der Waals surface area contributed by atoms with Crippen LogP contribution in [0.2, 0.25) is 0 Å². The van der Waals surface area contributed by atoms with Crippen LogP contribution in [0.15, 0.2) is 59.1 Å². The number of carbonyl (C=O) groups is 1. The van der Waals surface area contributed by atoms with E-state index in [2.05, 4.69) is 28.1 Å². The fraction of sp³-hybridized carbons (Fsp3) is 0.133. The summed E-state index contributed by atoms with van der Waals surface area (Å²) in [6.07, 6.45) is 0.597. The van der Waals surface area contributed by atoms with E-state index in [9.17, 15) is 4.79 Å². The molecule has 0 aromatic heterocycles. The molecule has 0 aliphatic carbocycles. The summed E-state index contributed by atoms with van der Waals surface area (Å²) >= 11 is 3.41. The van der Waals surface area contributed by atoms with E-state index in [1.54, 1.807) is 0 Å². The average molecular weight is 302 g/mol. The Hall–Kier alpha value is -1.61. The fourth-order valence-electron chi connectivity index (χ4n) is 2.28. The van der Waals surface area contributed by atoms with Crippen molar-refractivity contribution in [3.63, 3.8) is 0 Å². The second-order valence-electron chi connectivity index (χ2n) is 4.37. The maximum Gasteiger partial charge on any atom is 0.230 e. The number of halogens is 1. The van der Waals surface area contributed by atoms with Gasteiger partial charge in [0.05, 0.1) is 12.5 Å². The largest absolute Gasteiger partial charge is 0.304 e. The van der Waals surface area contributed by atoms with Crippen LogP contribution in [0.25, 0.3) is 0 Å². The summed E-state index contributed by atoms with van der Waals surface area (Å²) < 4.78 is 1.02. The van der Waals surface area contributed by atoms with Gasteiger partial charge < -0.3 is 4.90 Å². The lowest BCUT2D eigenvalue weighted by molar-refractivity contribution is -0.124. The Morgan fingerprint density at radius 2 is 1.67 bits per heavy atom. The van der Waals surface area contributed by atoms with Crippen LogP contribution in [0.1, 0.15) is 18.0 Å². The standard InChI is InChI=1S/C15H12BrNO/c16-12-6-8-13(9-7-12)17-14(10-15(17)18)11-4-2-1-3-5-11/h1-9,14H,10H2. The molecule has 1 atom stereocenters. The van der Waals surface area contributed by atoms with Gasteiger partial charge in [0, 0.05) is 10.2 Å². The molecule has 90 valence electrons. The molecule has 3 heteroatoms. The Bertz CT molecular complexity index is 565. The van der Waals surface area contributed by atoms with Crippen LogP contribution in [0.4, 0.5) is 5.69 Å². The number of β-lactam (4-membered cyclic amide) rings is 1. The SMILES string of the molecule is O=C1CC(c2ccccc2)N1c1ccc(Br)cc1. The van der Waals surface area contributed by atoms with Crippen molar-refractivity contribution in [3.8, 4) is 0 Å². The molecule has 0 spiro atoms. The van der Waals surface area contributed by atoms with Gasteiger partial charge in [0.2, 0.25) is 5.91 Å². The molecule has 1 fully saturated rings. The number of benzene rings is 2. The predicted octanol–water partition coefficient (Wildman–Crippen LogP) is 3.93. The van der Waals surface area contributed by atoms with Crippen molar-refractivity contribution in [1.82, 2.24) is 0 Å². The van der Waals surface area contributed by atoms with E-state index in [0.29, 0.717) is 6.42 Å². The second kappa shape index (κ2) is 4.58. The van der Waals surface area contributed by atoms with Crippen molar-refractivity contribution in [2.75, 3.05) is 4.90 Å². The van der Waals surface area contributed by atoms with Crippen molar-refractivity contribution >= 4 is 27.5 Å². The molecule has 1 saturated heterocycles. The van der Waals surface area contributed by atoms with Gasteiger partial charge in [0.25, 0.3) is 0 Å². The van der Waals surface area contributed by atoms with Gasteiger partial charge in [-0.25, -0.2) is 0 Å². The fourth-order valence-corrected chi connectivity index (χ4v) is 2.55. The van der Waals surface area contributed by atoms with Gasteiger partial charge >= 0.3 is 0 Å². The lowest BCUT2D eigenvalue weighted by Gasteiger charge is -2.40. The molecule has 0 N–H and O–H groups in total. The third-order valence-corrected chi connectivity index (χ3v) is 3.77. The highest BCUT2D eigenvalue weighted by Gasteiger charge is 2.37. The van der Waals surface area contributed by atoms with Crippen LogP contribution in [-0.2, 0) is 4.79 Å². The normalized spacial score (nSPS) is 18.6. The van der Waals surface area contributed by atoms with Gasteiger partial charge in [-0.3, -0.25) is 4.79 Å². The van der Waals surface area contributed by atoms with E-state index in [-0.39, 0.29) is 11.9 Å². The Kier molecular flexibility index (Phi) is 2.92. The molecule has 0 saturated carbocycles. The first-order valence-corrected chi connectivity index (χ1v) is 6.67. The van der Waals surface area contributed by atoms with Crippen molar-refractivity contribution in [2.24, 2.45) is 0 Å². The van der Waals surface area contributed by atoms with Crippen molar-refractivity contribution < 1.29 is 4.79 Å². The summed E-state index contributed by atoms with van der Waals surface area (Å²) in [4.78, 5) is 13.7. The molecule has 1 aliphatic heterocycles. The van der Waals surface area contributed by atoms with E-state index in [0.717, 1.165) is 10.2 Å². The van der Waals surface area contributed by atoms with Crippen LogP contribution in [-0.4, -0.2) is 5.91 Å². The van der Waals surface area contributed by atoms with E-state index in [4.69, 9.17) is 0 Å².